The van der Waals surface area contributed by atoms with E-state index in [1.165, 1.54) is 18.9 Å². The second kappa shape index (κ2) is 9.72. The van der Waals surface area contributed by atoms with E-state index in [-0.39, 0.29) is 12.4 Å². The maximum atomic E-state index is 12.0. The van der Waals surface area contributed by atoms with Crippen LogP contribution in [-0.4, -0.2) is 38.5 Å². The topological polar surface area (TPSA) is 73.9 Å². The van der Waals surface area contributed by atoms with E-state index < -0.39 is 11.9 Å². The lowest BCUT2D eigenvalue weighted by molar-refractivity contribution is -0.144. The fourth-order valence-corrected chi connectivity index (χ4v) is 2.80. The molecular formula is C19H21NO5S. The van der Waals surface area contributed by atoms with Crippen molar-refractivity contribution in [3.05, 3.63) is 48.0 Å². The lowest BCUT2D eigenvalue weighted by Crippen LogP contribution is -2.22. The largest absolute Gasteiger partial charge is 0.497 e. The number of thioether (sulfide) groups is 1. The van der Waals surface area contributed by atoms with Gasteiger partial charge in [0, 0.05) is 4.90 Å². The fraction of sp³-hybridized carbons (Fsp3) is 0.263. The molecule has 0 saturated heterocycles. The normalized spacial score (nSPS) is 10.1. The summed E-state index contributed by atoms with van der Waals surface area (Å²) >= 11 is 1.33. The van der Waals surface area contributed by atoms with Gasteiger partial charge in [-0.1, -0.05) is 6.07 Å². The Labute approximate surface area is 156 Å². The second-order valence-corrected chi connectivity index (χ2v) is 6.43. The van der Waals surface area contributed by atoms with Crippen LogP contribution in [0.3, 0.4) is 0 Å². The molecule has 2 rings (SSSR count). The zero-order chi connectivity index (χ0) is 18.9. The summed E-state index contributed by atoms with van der Waals surface area (Å²) in [6.45, 7) is 1.56. The van der Waals surface area contributed by atoms with Crippen LogP contribution < -0.4 is 14.8 Å². The highest BCUT2D eigenvalue weighted by molar-refractivity contribution is 8.00. The highest BCUT2D eigenvalue weighted by atomic mass is 32.2. The molecule has 0 aliphatic carbocycles. The van der Waals surface area contributed by atoms with Crippen molar-refractivity contribution in [3.8, 4) is 11.5 Å². The Bertz CT molecular complexity index is 761. The van der Waals surface area contributed by atoms with E-state index in [4.69, 9.17) is 14.2 Å². The molecule has 0 unspecified atom stereocenters. The third-order valence-corrected chi connectivity index (χ3v) is 4.39. The van der Waals surface area contributed by atoms with Gasteiger partial charge in [0.25, 0.3) is 5.91 Å². The molecule has 0 saturated carbocycles. The number of hydrogen-bond acceptors (Lipinski definition) is 6. The molecular weight excluding hydrogens is 354 g/mol. The third kappa shape index (κ3) is 6.00. The molecule has 0 fully saturated rings. The van der Waals surface area contributed by atoms with Gasteiger partial charge in [0.05, 0.1) is 25.7 Å². The quantitative estimate of drug-likeness (QED) is 0.564. The number of amides is 1. The summed E-state index contributed by atoms with van der Waals surface area (Å²) in [5.74, 6) is 0.535. The molecule has 6 nitrogen and oxygen atoms in total. The van der Waals surface area contributed by atoms with Gasteiger partial charge < -0.3 is 19.5 Å². The van der Waals surface area contributed by atoms with E-state index in [0.717, 1.165) is 16.2 Å². The third-order valence-electron chi connectivity index (χ3n) is 3.41. The number of nitrogens with one attached hydrogen (secondary N) is 1. The predicted octanol–water partition coefficient (Wildman–Crippen LogP) is 3.29. The molecule has 1 amide bonds. The first kappa shape index (κ1) is 19.7. The maximum absolute atomic E-state index is 12.0. The average Bonchev–Trinajstić information content (AvgIpc) is 2.65. The average molecular weight is 375 g/mol. The first-order valence-electron chi connectivity index (χ1n) is 7.89. The van der Waals surface area contributed by atoms with Crippen LogP contribution in [0.1, 0.15) is 5.56 Å². The summed E-state index contributed by atoms with van der Waals surface area (Å²) in [5, 5.41) is 2.68. The van der Waals surface area contributed by atoms with Crippen LogP contribution in [-0.2, 0) is 14.3 Å². The van der Waals surface area contributed by atoms with E-state index in [1.54, 1.807) is 19.2 Å². The SMILES string of the molecule is COc1ccc(SCC(=O)OCC(=O)Nc2cc(C)ccc2OC)cc1. The van der Waals surface area contributed by atoms with Gasteiger partial charge in [-0.05, 0) is 48.9 Å². The van der Waals surface area contributed by atoms with Crippen LogP contribution in [0.25, 0.3) is 0 Å². The molecule has 138 valence electrons. The van der Waals surface area contributed by atoms with Crippen LogP contribution in [0.5, 0.6) is 11.5 Å². The van der Waals surface area contributed by atoms with Gasteiger partial charge in [0.2, 0.25) is 0 Å². The number of methoxy groups -OCH3 is 2. The first-order valence-corrected chi connectivity index (χ1v) is 8.87. The first-order chi connectivity index (χ1) is 12.5. The molecule has 0 radical (unpaired) electrons. The Morgan fingerprint density at radius 1 is 1.04 bits per heavy atom. The fourth-order valence-electron chi connectivity index (χ4n) is 2.11. The van der Waals surface area contributed by atoms with E-state index >= 15 is 0 Å². The minimum atomic E-state index is -0.461. The molecule has 26 heavy (non-hydrogen) atoms. The van der Waals surface area contributed by atoms with E-state index in [0.29, 0.717) is 11.4 Å². The molecule has 0 aromatic heterocycles. The lowest BCUT2D eigenvalue weighted by Gasteiger charge is -2.11. The van der Waals surface area contributed by atoms with Crippen molar-refractivity contribution in [1.82, 2.24) is 0 Å². The van der Waals surface area contributed by atoms with Gasteiger partial charge in [-0.15, -0.1) is 11.8 Å². The predicted molar refractivity (Wildman–Crippen MR) is 101 cm³/mol. The van der Waals surface area contributed by atoms with Crippen molar-refractivity contribution >= 4 is 29.3 Å². The molecule has 0 aliphatic rings. The van der Waals surface area contributed by atoms with Gasteiger partial charge in [0.1, 0.15) is 11.5 Å². The van der Waals surface area contributed by atoms with Crippen molar-refractivity contribution in [1.29, 1.82) is 0 Å². The molecule has 0 atom stereocenters. The van der Waals surface area contributed by atoms with Crippen molar-refractivity contribution in [2.24, 2.45) is 0 Å². The van der Waals surface area contributed by atoms with Crippen LogP contribution >= 0.6 is 11.8 Å². The number of ether oxygens (including phenoxy) is 3. The standard InChI is InChI=1S/C19H21NO5S/c1-13-4-9-17(24-3)16(10-13)20-18(21)11-25-19(22)12-26-15-7-5-14(23-2)6-8-15/h4-10H,11-12H2,1-3H3,(H,20,21). The number of rotatable bonds is 8. The van der Waals surface area contributed by atoms with Crippen molar-refractivity contribution < 1.29 is 23.8 Å². The smallest absolute Gasteiger partial charge is 0.316 e. The molecule has 7 heteroatoms. The summed E-state index contributed by atoms with van der Waals surface area (Å²) in [6.07, 6.45) is 0. The molecule has 1 N–H and O–H groups in total. The van der Waals surface area contributed by atoms with Crippen molar-refractivity contribution in [2.45, 2.75) is 11.8 Å². The zero-order valence-electron chi connectivity index (χ0n) is 14.9. The molecule has 0 bridgehead atoms. The van der Waals surface area contributed by atoms with Crippen LogP contribution in [0.15, 0.2) is 47.4 Å². The summed E-state index contributed by atoms with van der Waals surface area (Å²) in [6, 6.07) is 12.8. The molecule has 0 heterocycles. The molecule has 0 spiro atoms. The highest BCUT2D eigenvalue weighted by Gasteiger charge is 2.11. The Morgan fingerprint density at radius 2 is 1.77 bits per heavy atom. The number of carbonyl (C=O) groups is 2. The van der Waals surface area contributed by atoms with Gasteiger partial charge >= 0.3 is 5.97 Å². The van der Waals surface area contributed by atoms with E-state index in [1.807, 2.05) is 37.3 Å². The Balaban J connectivity index is 1.77. The maximum Gasteiger partial charge on any atom is 0.316 e. The Morgan fingerprint density at radius 3 is 2.42 bits per heavy atom. The Kier molecular flexibility index (Phi) is 7.35. The number of aryl methyl sites for hydroxylation is 1. The highest BCUT2D eigenvalue weighted by Crippen LogP contribution is 2.25. The van der Waals surface area contributed by atoms with E-state index in [2.05, 4.69) is 5.32 Å². The van der Waals surface area contributed by atoms with Crippen molar-refractivity contribution in [3.63, 3.8) is 0 Å². The number of esters is 1. The minimum absolute atomic E-state index is 0.118. The number of hydrogen-bond donors (Lipinski definition) is 1. The van der Waals surface area contributed by atoms with Gasteiger partial charge in [-0.3, -0.25) is 9.59 Å². The lowest BCUT2D eigenvalue weighted by atomic mass is 10.2. The number of carbonyl (C=O) groups excluding carboxylic acids is 2. The van der Waals surface area contributed by atoms with Crippen LogP contribution in [0.4, 0.5) is 5.69 Å². The summed E-state index contributed by atoms with van der Waals surface area (Å²) in [4.78, 5) is 24.7. The van der Waals surface area contributed by atoms with Gasteiger partial charge in [0.15, 0.2) is 6.61 Å². The Hall–Kier alpha value is -2.67. The minimum Gasteiger partial charge on any atom is -0.497 e. The van der Waals surface area contributed by atoms with Crippen LogP contribution in [0, 0.1) is 6.92 Å². The summed E-state index contributed by atoms with van der Waals surface area (Å²) in [7, 11) is 3.12. The van der Waals surface area contributed by atoms with Gasteiger partial charge in [-0.2, -0.15) is 0 Å². The second-order valence-electron chi connectivity index (χ2n) is 5.38. The molecule has 0 aliphatic heterocycles. The number of anilines is 1. The van der Waals surface area contributed by atoms with Gasteiger partial charge in [-0.25, -0.2) is 0 Å². The van der Waals surface area contributed by atoms with Crippen LogP contribution in [0.2, 0.25) is 0 Å². The van der Waals surface area contributed by atoms with Crippen molar-refractivity contribution in [2.75, 3.05) is 31.9 Å². The zero-order valence-corrected chi connectivity index (χ0v) is 15.7. The summed E-state index contributed by atoms with van der Waals surface area (Å²) < 4.78 is 15.3. The monoisotopic (exact) mass is 375 g/mol. The number of benzene rings is 2. The summed E-state index contributed by atoms with van der Waals surface area (Å²) in [5.41, 5.74) is 1.52. The molecule has 2 aromatic carbocycles. The van der Waals surface area contributed by atoms with E-state index in [9.17, 15) is 9.59 Å². The molecule has 2 aromatic rings.